The second-order valence-electron chi connectivity index (χ2n) is 5.19. The van der Waals surface area contributed by atoms with E-state index in [0.717, 1.165) is 12.8 Å². The average Bonchev–Trinajstić information content (AvgIpc) is 2.15. The van der Waals surface area contributed by atoms with Crippen molar-refractivity contribution in [2.45, 2.75) is 63.9 Å². The van der Waals surface area contributed by atoms with Crippen LogP contribution < -0.4 is 5.73 Å². The minimum atomic E-state index is -1.21. The quantitative estimate of drug-likeness (QED) is 0.759. The van der Waals surface area contributed by atoms with Crippen LogP contribution in [0, 0.1) is 0 Å². The van der Waals surface area contributed by atoms with Crippen LogP contribution in [0.3, 0.4) is 0 Å². The molecular formula is C12H23NO4. The van der Waals surface area contributed by atoms with Crippen LogP contribution in [0.1, 0.15) is 40.0 Å². The lowest BCUT2D eigenvalue weighted by atomic mass is 10.00. The highest BCUT2D eigenvalue weighted by Gasteiger charge is 2.29. The van der Waals surface area contributed by atoms with Crippen molar-refractivity contribution < 1.29 is 19.4 Å². The van der Waals surface area contributed by atoms with Crippen molar-refractivity contribution in [1.82, 2.24) is 0 Å². The molecule has 1 heterocycles. The molecule has 17 heavy (non-hydrogen) atoms. The van der Waals surface area contributed by atoms with Gasteiger partial charge in [0.05, 0.1) is 18.3 Å². The largest absolute Gasteiger partial charge is 0.480 e. The second-order valence-corrected chi connectivity index (χ2v) is 5.19. The van der Waals surface area contributed by atoms with Gasteiger partial charge in [0, 0.05) is 6.61 Å². The first kappa shape index (κ1) is 14.4. The van der Waals surface area contributed by atoms with Crippen LogP contribution in [-0.2, 0) is 14.3 Å². The summed E-state index contributed by atoms with van der Waals surface area (Å²) in [6, 6.07) is 0. The van der Waals surface area contributed by atoms with Crippen molar-refractivity contribution in [3.8, 4) is 0 Å². The number of aliphatic carboxylic acids is 1. The number of ether oxygens (including phenoxy) is 2. The third-order valence-corrected chi connectivity index (χ3v) is 3.12. The van der Waals surface area contributed by atoms with Crippen LogP contribution in [0.5, 0.6) is 0 Å². The molecule has 0 saturated carbocycles. The molecule has 1 saturated heterocycles. The summed E-state index contributed by atoms with van der Waals surface area (Å²) in [4.78, 5) is 10.8. The molecule has 0 spiro atoms. The zero-order chi connectivity index (χ0) is 13.1. The summed E-state index contributed by atoms with van der Waals surface area (Å²) < 4.78 is 11.3. The molecule has 0 amide bonds. The summed E-state index contributed by atoms with van der Waals surface area (Å²) >= 11 is 0. The first-order valence-corrected chi connectivity index (χ1v) is 6.10. The fourth-order valence-electron chi connectivity index (χ4n) is 2.02. The van der Waals surface area contributed by atoms with E-state index < -0.39 is 11.5 Å². The Hall–Kier alpha value is -0.650. The molecule has 1 aliphatic rings. The molecule has 100 valence electrons. The molecule has 5 heteroatoms. The van der Waals surface area contributed by atoms with Crippen molar-refractivity contribution in [2.75, 3.05) is 6.61 Å². The molecule has 3 atom stereocenters. The minimum Gasteiger partial charge on any atom is -0.480 e. The van der Waals surface area contributed by atoms with Gasteiger partial charge in [0.1, 0.15) is 5.54 Å². The molecule has 0 aliphatic carbocycles. The van der Waals surface area contributed by atoms with E-state index in [0.29, 0.717) is 13.0 Å². The van der Waals surface area contributed by atoms with Gasteiger partial charge in [0.2, 0.25) is 0 Å². The highest BCUT2D eigenvalue weighted by Crippen LogP contribution is 2.22. The molecular weight excluding hydrogens is 222 g/mol. The predicted octanol–water partition coefficient (Wildman–Crippen LogP) is 1.15. The Kier molecular flexibility index (Phi) is 4.91. The summed E-state index contributed by atoms with van der Waals surface area (Å²) in [5.74, 6) is -0.991. The van der Waals surface area contributed by atoms with Gasteiger partial charge in [-0.3, -0.25) is 4.79 Å². The van der Waals surface area contributed by atoms with Gasteiger partial charge in [-0.05, 0) is 40.0 Å². The summed E-state index contributed by atoms with van der Waals surface area (Å²) in [5, 5.41) is 8.86. The topological polar surface area (TPSA) is 81.8 Å². The fourth-order valence-corrected chi connectivity index (χ4v) is 2.02. The Bertz CT molecular complexity index is 257. The molecule has 0 radical (unpaired) electrons. The third kappa shape index (κ3) is 4.61. The van der Waals surface area contributed by atoms with Gasteiger partial charge in [0.15, 0.2) is 0 Å². The molecule has 0 aromatic carbocycles. The van der Waals surface area contributed by atoms with Crippen LogP contribution in [0.25, 0.3) is 0 Å². The second kappa shape index (κ2) is 5.80. The number of carboxylic acids is 1. The normalized spacial score (nSPS) is 33.1. The number of carboxylic acid groups (broad SMARTS) is 1. The average molecular weight is 245 g/mol. The lowest BCUT2D eigenvalue weighted by Crippen LogP contribution is -2.46. The molecule has 1 rings (SSSR count). The van der Waals surface area contributed by atoms with E-state index in [9.17, 15) is 4.79 Å². The summed E-state index contributed by atoms with van der Waals surface area (Å²) in [6.45, 7) is 5.93. The van der Waals surface area contributed by atoms with Crippen LogP contribution in [-0.4, -0.2) is 41.5 Å². The Balaban J connectivity index is 2.29. The Morgan fingerprint density at radius 2 is 2.00 bits per heavy atom. The van der Waals surface area contributed by atoms with Crippen molar-refractivity contribution in [3.05, 3.63) is 0 Å². The van der Waals surface area contributed by atoms with Crippen molar-refractivity contribution in [2.24, 2.45) is 5.73 Å². The molecule has 0 aromatic rings. The highest BCUT2D eigenvalue weighted by atomic mass is 16.5. The van der Waals surface area contributed by atoms with Gasteiger partial charge >= 0.3 is 5.97 Å². The number of carbonyl (C=O) groups is 1. The van der Waals surface area contributed by atoms with Gasteiger partial charge in [-0.15, -0.1) is 0 Å². The van der Waals surface area contributed by atoms with E-state index in [1.807, 2.05) is 13.8 Å². The maximum atomic E-state index is 10.8. The SMILES string of the molecule is CC1CC(OCCC(C)(N)C(=O)O)CC(C)O1. The van der Waals surface area contributed by atoms with Gasteiger partial charge < -0.3 is 20.3 Å². The predicted molar refractivity (Wildman–Crippen MR) is 63.8 cm³/mol. The molecule has 5 nitrogen and oxygen atoms in total. The van der Waals surface area contributed by atoms with Crippen LogP contribution >= 0.6 is 0 Å². The maximum Gasteiger partial charge on any atom is 0.323 e. The maximum absolute atomic E-state index is 10.8. The van der Waals surface area contributed by atoms with Gasteiger partial charge in [-0.2, -0.15) is 0 Å². The van der Waals surface area contributed by atoms with E-state index in [4.69, 9.17) is 20.3 Å². The van der Waals surface area contributed by atoms with E-state index in [2.05, 4.69) is 0 Å². The summed E-state index contributed by atoms with van der Waals surface area (Å²) in [7, 11) is 0. The zero-order valence-electron chi connectivity index (χ0n) is 10.8. The number of hydrogen-bond acceptors (Lipinski definition) is 4. The van der Waals surface area contributed by atoms with Gasteiger partial charge in [-0.25, -0.2) is 0 Å². The first-order chi connectivity index (χ1) is 7.81. The highest BCUT2D eigenvalue weighted by molar-refractivity contribution is 5.77. The third-order valence-electron chi connectivity index (χ3n) is 3.12. The minimum absolute atomic E-state index is 0.151. The Morgan fingerprint density at radius 3 is 2.47 bits per heavy atom. The van der Waals surface area contributed by atoms with E-state index in [1.54, 1.807) is 0 Å². The molecule has 1 aliphatic heterocycles. The lowest BCUT2D eigenvalue weighted by molar-refractivity contribution is -0.144. The molecule has 0 bridgehead atoms. The van der Waals surface area contributed by atoms with Gasteiger partial charge in [0.25, 0.3) is 0 Å². The Morgan fingerprint density at radius 1 is 1.47 bits per heavy atom. The smallest absolute Gasteiger partial charge is 0.323 e. The standard InChI is InChI=1S/C12H23NO4/c1-8-6-10(7-9(2)17-8)16-5-4-12(3,13)11(14)15/h8-10H,4-7,13H2,1-3H3,(H,14,15). The van der Waals surface area contributed by atoms with E-state index in [1.165, 1.54) is 6.92 Å². The number of rotatable bonds is 5. The van der Waals surface area contributed by atoms with Crippen LogP contribution in [0.2, 0.25) is 0 Å². The molecule has 1 fully saturated rings. The van der Waals surface area contributed by atoms with Crippen LogP contribution in [0.4, 0.5) is 0 Å². The van der Waals surface area contributed by atoms with Crippen molar-refractivity contribution in [1.29, 1.82) is 0 Å². The first-order valence-electron chi connectivity index (χ1n) is 6.10. The number of hydrogen-bond donors (Lipinski definition) is 2. The van der Waals surface area contributed by atoms with Crippen molar-refractivity contribution in [3.63, 3.8) is 0 Å². The molecule has 3 unspecified atom stereocenters. The molecule has 3 N–H and O–H groups in total. The van der Waals surface area contributed by atoms with Gasteiger partial charge in [-0.1, -0.05) is 0 Å². The Labute approximate surface area is 102 Å². The summed E-state index contributed by atoms with van der Waals surface area (Å²) in [5.41, 5.74) is 4.42. The van der Waals surface area contributed by atoms with Crippen LogP contribution in [0.15, 0.2) is 0 Å². The molecule has 0 aromatic heterocycles. The van der Waals surface area contributed by atoms with Crippen molar-refractivity contribution >= 4 is 5.97 Å². The monoisotopic (exact) mass is 245 g/mol. The summed E-state index contributed by atoms with van der Waals surface area (Å²) in [6.07, 6.45) is 2.60. The fraction of sp³-hybridized carbons (Fsp3) is 0.917. The van der Waals surface area contributed by atoms with E-state index >= 15 is 0 Å². The lowest BCUT2D eigenvalue weighted by Gasteiger charge is -2.32. The number of nitrogens with two attached hydrogens (primary N) is 1. The van der Waals surface area contributed by atoms with E-state index in [-0.39, 0.29) is 18.3 Å². The zero-order valence-corrected chi connectivity index (χ0v) is 10.8.